The lowest BCUT2D eigenvalue weighted by Crippen LogP contribution is -2.33. The molecule has 3 nitrogen and oxygen atoms in total. The molecule has 0 radical (unpaired) electrons. The molecule has 0 amide bonds. The quantitative estimate of drug-likeness (QED) is 0.665. The third-order valence-corrected chi connectivity index (χ3v) is 4.84. The van der Waals surface area contributed by atoms with Gasteiger partial charge in [0, 0.05) is 15.6 Å². The first-order valence-corrected chi connectivity index (χ1v) is 8.45. The Bertz CT molecular complexity index is 846. The summed E-state index contributed by atoms with van der Waals surface area (Å²) >= 11 is 12.3. The van der Waals surface area contributed by atoms with Crippen LogP contribution in [0.2, 0.25) is 10.0 Å². The molecular weight excluding hydrogens is 343 g/mol. The Morgan fingerprint density at radius 3 is 2.54 bits per heavy atom. The van der Waals surface area contributed by atoms with Crippen molar-refractivity contribution >= 4 is 23.2 Å². The monoisotopic (exact) mass is 360 g/mol. The van der Waals surface area contributed by atoms with Crippen molar-refractivity contribution in [3.63, 3.8) is 0 Å². The second-order valence-electron chi connectivity index (χ2n) is 6.09. The predicted octanol–water partition coefficient (Wildman–Crippen LogP) is 5.28. The van der Waals surface area contributed by atoms with Crippen molar-refractivity contribution in [1.29, 1.82) is 0 Å². The molecular formula is C19H18Cl2N2O. The molecule has 5 heteroatoms. The van der Waals surface area contributed by atoms with E-state index in [1.807, 2.05) is 44.2 Å². The van der Waals surface area contributed by atoms with Gasteiger partial charge in [0.1, 0.15) is 5.60 Å². The fourth-order valence-electron chi connectivity index (χ4n) is 2.91. The van der Waals surface area contributed by atoms with Gasteiger partial charge in [0.25, 0.3) is 0 Å². The average molecular weight is 361 g/mol. The van der Waals surface area contributed by atoms with Gasteiger partial charge < -0.3 is 10.1 Å². The minimum Gasteiger partial charge on any atom is -0.379 e. The Kier molecular flexibility index (Phi) is 4.68. The lowest BCUT2D eigenvalue weighted by atomic mass is 9.80. The molecule has 0 aliphatic rings. The van der Waals surface area contributed by atoms with Crippen LogP contribution in [0.4, 0.5) is 0 Å². The minimum atomic E-state index is -1.16. The van der Waals surface area contributed by atoms with Gasteiger partial charge in [0.2, 0.25) is 0 Å². The van der Waals surface area contributed by atoms with Gasteiger partial charge in [-0.3, -0.25) is 0 Å². The fourth-order valence-corrected chi connectivity index (χ4v) is 3.43. The molecule has 0 aliphatic carbocycles. The van der Waals surface area contributed by atoms with E-state index in [-0.39, 0.29) is 5.92 Å². The number of halogens is 2. The smallest absolute Gasteiger partial charge is 0.133 e. The van der Waals surface area contributed by atoms with E-state index in [0.29, 0.717) is 15.7 Å². The van der Waals surface area contributed by atoms with Crippen LogP contribution in [-0.4, -0.2) is 15.1 Å². The highest BCUT2D eigenvalue weighted by molar-refractivity contribution is 6.36. The van der Waals surface area contributed by atoms with Gasteiger partial charge in [0.15, 0.2) is 0 Å². The third kappa shape index (κ3) is 2.95. The number of nitrogens with zero attached hydrogens (tertiary/aromatic N) is 1. The topological polar surface area (TPSA) is 48.9 Å². The Labute approximate surface area is 151 Å². The number of aliphatic hydroxyl groups is 1. The molecule has 0 spiro atoms. The van der Waals surface area contributed by atoms with Gasteiger partial charge in [-0.05, 0) is 35.2 Å². The van der Waals surface area contributed by atoms with Crippen molar-refractivity contribution in [1.82, 2.24) is 9.97 Å². The molecule has 1 aromatic heterocycles. The fraction of sp³-hybridized carbons (Fsp3) is 0.211. The van der Waals surface area contributed by atoms with Crippen LogP contribution in [0.5, 0.6) is 0 Å². The largest absolute Gasteiger partial charge is 0.379 e. The van der Waals surface area contributed by atoms with Crippen molar-refractivity contribution in [2.75, 3.05) is 0 Å². The van der Waals surface area contributed by atoms with Crippen molar-refractivity contribution in [3.05, 3.63) is 76.3 Å². The molecule has 1 unspecified atom stereocenters. The normalized spacial score (nSPS) is 13.9. The maximum absolute atomic E-state index is 11.4. The number of rotatable bonds is 4. The SMILES string of the molecule is CC(C)C(O)(c1cccc(-c2ccc(Cl)cc2Cl)c1)c1cnc[nH]1. The van der Waals surface area contributed by atoms with E-state index in [1.165, 1.54) is 0 Å². The van der Waals surface area contributed by atoms with Gasteiger partial charge in [-0.2, -0.15) is 0 Å². The van der Waals surface area contributed by atoms with E-state index in [0.717, 1.165) is 16.7 Å². The number of hydrogen-bond acceptors (Lipinski definition) is 2. The molecule has 0 saturated carbocycles. The Morgan fingerprint density at radius 1 is 1.12 bits per heavy atom. The van der Waals surface area contributed by atoms with Crippen LogP contribution in [0.3, 0.4) is 0 Å². The van der Waals surface area contributed by atoms with Crippen LogP contribution in [0.25, 0.3) is 11.1 Å². The number of nitrogens with one attached hydrogen (secondary N) is 1. The summed E-state index contributed by atoms with van der Waals surface area (Å²) in [6.07, 6.45) is 3.23. The standard InChI is InChI=1S/C19H18Cl2N2O/c1-12(2)19(24,18-10-22-11-23-18)14-5-3-4-13(8-14)16-7-6-15(20)9-17(16)21/h3-12,24H,1-2H3,(H,22,23). The molecule has 2 aromatic carbocycles. The number of imidazole rings is 1. The number of H-pyrrole nitrogens is 1. The number of aromatic nitrogens is 2. The van der Waals surface area contributed by atoms with Crippen LogP contribution < -0.4 is 0 Å². The molecule has 1 heterocycles. The highest BCUT2D eigenvalue weighted by atomic mass is 35.5. The van der Waals surface area contributed by atoms with Crippen LogP contribution in [0.15, 0.2) is 55.0 Å². The Morgan fingerprint density at radius 2 is 1.92 bits per heavy atom. The van der Waals surface area contributed by atoms with Crippen LogP contribution in [-0.2, 0) is 5.60 Å². The average Bonchev–Trinajstić information content (AvgIpc) is 3.09. The second-order valence-corrected chi connectivity index (χ2v) is 6.93. The first-order valence-electron chi connectivity index (χ1n) is 7.70. The highest BCUT2D eigenvalue weighted by Crippen LogP contribution is 2.38. The van der Waals surface area contributed by atoms with Gasteiger partial charge in [-0.1, -0.05) is 61.3 Å². The van der Waals surface area contributed by atoms with Crippen LogP contribution >= 0.6 is 23.2 Å². The predicted molar refractivity (Wildman–Crippen MR) is 98.3 cm³/mol. The second kappa shape index (κ2) is 6.60. The molecule has 24 heavy (non-hydrogen) atoms. The maximum atomic E-state index is 11.4. The lowest BCUT2D eigenvalue weighted by molar-refractivity contribution is 0.0280. The summed E-state index contributed by atoms with van der Waals surface area (Å²) in [7, 11) is 0. The lowest BCUT2D eigenvalue weighted by Gasteiger charge is -2.32. The molecule has 0 saturated heterocycles. The van der Waals surface area contributed by atoms with Gasteiger partial charge in [0.05, 0.1) is 18.2 Å². The zero-order valence-corrected chi connectivity index (χ0v) is 14.9. The van der Waals surface area contributed by atoms with Crippen molar-refractivity contribution < 1.29 is 5.11 Å². The first kappa shape index (κ1) is 17.0. The maximum Gasteiger partial charge on any atom is 0.133 e. The van der Waals surface area contributed by atoms with Crippen molar-refractivity contribution in [2.24, 2.45) is 5.92 Å². The molecule has 3 rings (SSSR count). The van der Waals surface area contributed by atoms with Gasteiger partial charge >= 0.3 is 0 Å². The minimum absolute atomic E-state index is 0.0473. The molecule has 0 bridgehead atoms. The molecule has 3 aromatic rings. The molecule has 1 atom stereocenters. The van der Waals surface area contributed by atoms with Gasteiger partial charge in [-0.25, -0.2) is 4.98 Å². The summed E-state index contributed by atoms with van der Waals surface area (Å²) in [6.45, 7) is 3.95. The summed E-state index contributed by atoms with van der Waals surface area (Å²) in [5.74, 6) is -0.0473. The number of benzene rings is 2. The van der Waals surface area contributed by atoms with E-state index in [2.05, 4.69) is 9.97 Å². The molecule has 0 fully saturated rings. The van der Waals surface area contributed by atoms with Crippen molar-refractivity contribution in [2.45, 2.75) is 19.4 Å². The molecule has 124 valence electrons. The summed E-state index contributed by atoms with van der Waals surface area (Å²) in [5, 5.41) is 12.6. The van der Waals surface area contributed by atoms with Crippen LogP contribution in [0, 0.1) is 5.92 Å². The van der Waals surface area contributed by atoms with E-state index < -0.39 is 5.60 Å². The Balaban J connectivity index is 2.13. The molecule has 2 N–H and O–H groups in total. The summed E-state index contributed by atoms with van der Waals surface area (Å²) in [4.78, 5) is 7.08. The molecule has 0 aliphatic heterocycles. The third-order valence-electron chi connectivity index (χ3n) is 4.29. The van der Waals surface area contributed by atoms with Crippen LogP contribution in [0.1, 0.15) is 25.1 Å². The Hall–Kier alpha value is -1.81. The summed E-state index contributed by atoms with van der Waals surface area (Å²) in [5.41, 5.74) is 2.08. The number of aromatic amines is 1. The van der Waals surface area contributed by atoms with E-state index in [9.17, 15) is 5.11 Å². The first-order chi connectivity index (χ1) is 11.4. The van der Waals surface area contributed by atoms with Crippen molar-refractivity contribution in [3.8, 4) is 11.1 Å². The summed E-state index contributed by atoms with van der Waals surface area (Å²) < 4.78 is 0. The highest BCUT2D eigenvalue weighted by Gasteiger charge is 2.36. The van der Waals surface area contributed by atoms with E-state index in [1.54, 1.807) is 24.7 Å². The van der Waals surface area contributed by atoms with E-state index in [4.69, 9.17) is 23.2 Å². The zero-order valence-electron chi connectivity index (χ0n) is 13.4. The summed E-state index contributed by atoms with van der Waals surface area (Å²) in [6, 6.07) is 13.2. The van der Waals surface area contributed by atoms with Gasteiger partial charge in [-0.15, -0.1) is 0 Å². The van der Waals surface area contributed by atoms with E-state index >= 15 is 0 Å². The number of hydrogen-bond donors (Lipinski definition) is 2. The zero-order chi connectivity index (χ0) is 17.3.